The average molecular weight is 349 g/mol. The number of amides is 1. The van der Waals surface area contributed by atoms with Gasteiger partial charge in [0.15, 0.2) is 0 Å². The monoisotopic (exact) mass is 348 g/mol. The van der Waals surface area contributed by atoms with Gasteiger partial charge in [0, 0.05) is 17.8 Å². The van der Waals surface area contributed by atoms with Crippen LogP contribution in [0.25, 0.3) is 0 Å². The Balaban J connectivity index is 2.07. The summed E-state index contributed by atoms with van der Waals surface area (Å²) in [6, 6.07) is 9.45. The summed E-state index contributed by atoms with van der Waals surface area (Å²) in [5, 5.41) is 14.5. The molecule has 1 aromatic carbocycles. The SMILES string of the molecule is O=C(N/N=C/c1ccc(Br)c([N+](=O)[O-])c1)c1ccccn1. The highest BCUT2D eigenvalue weighted by Gasteiger charge is 2.11. The molecule has 1 aromatic heterocycles. The van der Waals surface area contributed by atoms with E-state index in [0.29, 0.717) is 10.0 Å². The van der Waals surface area contributed by atoms with Gasteiger partial charge in [-0.25, -0.2) is 5.43 Å². The Labute approximate surface area is 128 Å². The van der Waals surface area contributed by atoms with Crippen LogP contribution in [0.1, 0.15) is 16.1 Å². The fourth-order valence-corrected chi connectivity index (χ4v) is 1.86. The molecule has 0 aliphatic rings. The normalized spacial score (nSPS) is 10.5. The topological polar surface area (TPSA) is 97.5 Å². The highest BCUT2D eigenvalue weighted by molar-refractivity contribution is 9.10. The summed E-state index contributed by atoms with van der Waals surface area (Å²) >= 11 is 3.09. The summed E-state index contributed by atoms with van der Waals surface area (Å²) in [5.41, 5.74) is 2.95. The predicted molar refractivity (Wildman–Crippen MR) is 80.1 cm³/mol. The van der Waals surface area contributed by atoms with Crippen molar-refractivity contribution < 1.29 is 9.72 Å². The van der Waals surface area contributed by atoms with Gasteiger partial charge < -0.3 is 0 Å². The number of hydrogen-bond acceptors (Lipinski definition) is 5. The number of hydrazone groups is 1. The molecule has 0 saturated heterocycles. The molecular formula is C13H9BrN4O3. The van der Waals surface area contributed by atoms with Crippen molar-refractivity contribution in [2.24, 2.45) is 5.10 Å². The number of nitro benzene ring substituents is 1. The zero-order valence-electron chi connectivity index (χ0n) is 10.6. The van der Waals surface area contributed by atoms with Crippen molar-refractivity contribution in [3.63, 3.8) is 0 Å². The molecule has 0 aliphatic heterocycles. The molecule has 1 N–H and O–H groups in total. The van der Waals surface area contributed by atoms with Crippen LogP contribution in [-0.2, 0) is 0 Å². The molecule has 0 radical (unpaired) electrons. The number of aromatic nitrogens is 1. The van der Waals surface area contributed by atoms with Crippen molar-refractivity contribution in [1.82, 2.24) is 10.4 Å². The number of carbonyl (C=O) groups is 1. The number of nitrogens with zero attached hydrogens (tertiary/aromatic N) is 3. The highest BCUT2D eigenvalue weighted by atomic mass is 79.9. The number of nitrogens with one attached hydrogen (secondary N) is 1. The summed E-state index contributed by atoms with van der Waals surface area (Å²) in [6.07, 6.45) is 2.82. The minimum atomic E-state index is -0.506. The summed E-state index contributed by atoms with van der Waals surface area (Å²) in [7, 11) is 0. The van der Waals surface area contributed by atoms with E-state index < -0.39 is 10.8 Å². The first kappa shape index (κ1) is 14.8. The van der Waals surface area contributed by atoms with Gasteiger partial charge in [0.25, 0.3) is 11.6 Å². The van der Waals surface area contributed by atoms with E-state index in [9.17, 15) is 14.9 Å². The minimum Gasteiger partial charge on any atom is -0.266 e. The van der Waals surface area contributed by atoms with Gasteiger partial charge in [-0.15, -0.1) is 0 Å². The summed E-state index contributed by atoms with van der Waals surface area (Å²) < 4.78 is 0.377. The van der Waals surface area contributed by atoms with Gasteiger partial charge in [-0.3, -0.25) is 19.9 Å². The fraction of sp³-hybridized carbons (Fsp3) is 0. The molecule has 0 atom stereocenters. The molecule has 0 aliphatic carbocycles. The number of halogens is 1. The van der Waals surface area contributed by atoms with Crippen LogP contribution in [0.5, 0.6) is 0 Å². The van der Waals surface area contributed by atoms with Gasteiger partial charge in [-0.2, -0.15) is 5.10 Å². The highest BCUT2D eigenvalue weighted by Crippen LogP contribution is 2.24. The molecule has 7 nitrogen and oxygen atoms in total. The maximum absolute atomic E-state index is 11.7. The van der Waals surface area contributed by atoms with Gasteiger partial charge in [0.2, 0.25) is 0 Å². The first-order valence-corrected chi connectivity index (χ1v) is 6.55. The Bertz CT molecular complexity index is 704. The van der Waals surface area contributed by atoms with E-state index >= 15 is 0 Å². The van der Waals surface area contributed by atoms with Crippen LogP contribution < -0.4 is 5.43 Å². The molecule has 1 heterocycles. The summed E-state index contributed by atoms with van der Waals surface area (Å²) in [5.74, 6) is -0.460. The maximum Gasteiger partial charge on any atom is 0.289 e. The third-order valence-electron chi connectivity index (χ3n) is 2.44. The number of rotatable bonds is 4. The first-order chi connectivity index (χ1) is 10.1. The number of pyridine rings is 1. The van der Waals surface area contributed by atoms with Crippen molar-refractivity contribution in [2.75, 3.05) is 0 Å². The van der Waals surface area contributed by atoms with E-state index in [2.05, 4.69) is 31.4 Å². The number of benzene rings is 1. The van der Waals surface area contributed by atoms with Crippen LogP contribution in [0.15, 0.2) is 52.2 Å². The van der Waals surface area contributed by atoms with Gasteiger partial charge in [0.05, 0.1) is 15.6 Å². The lowest BCUT2D eigenvalue weighted by Crippen LogP contribution is -2.18. The van der Waals surface area contributed by atoms with Crippen LogP contribution in [0.2, 0.25) is 0 Å². The van der Waals surface area contributed by atoms with Gasteiger partial charge in [0.1, 0.15) is 5.69 Å². The number of carbonyl (C=O) groups excluding carboxylic acids is 1. The van der Waals surface area contributed by atoms with E-state index in [1.54, 1.807) is 30.3 Å². The van der Waals surface area contributed by atoms with Crippen molar-refractivity contribution >= 4 is 33.7 Å². The standard InChI is InChI=1S/C13H9BrN4O3/c14-10-5-4-9(7-12(10)18(20)21)8-16-17-13(19)11-3-1-2-6-15-11/h1-8H,(H,17,19)/b16-8+. The molecule has 1 amide bonds. The zero-order valence-corrected chi connectivity index (χ0v) is 12.1. The van der Waals surface area contributed by atoms with Gasteiger partial charge in [-0.05, 0) is 34.1 Å². The van der Waals surface area contributed by atoms with Crippen LogP contribution in [0.4, 0.5) is 5.69 Å². The second kappa shape index (κ2) is 6.71. The number of hydrogen-bond donors (Lipinski definition) is 1. The molecule has 0 unspecified atom stereocenters. The van der Waals surface area contributed by atoms with E-state index in [0.717, 1.165) is 0 Å². The van der Waals surface area contributed by atoms with E-state index in [-0.39, 0.29) is 11.4 Å². The Kier molecular flexibility index (Phi) is 4.72. The Hall–Kier alpha value is -2.61. The fourth-order valence-electron chi connectivity index (χ4n) is 1.47. The molecule has 0 bridgehead atoms. The van der Waals surface area contributed by atoms with E-state index in [4.69, 9.17) is 0 Å². The van der Waals surface area contributed by atoms with Crippen LogP contribution in [-0.4, -0.2) is 22.0 Å². The molecule has 2 aromatic rings. The van der Waals surface area contributed by atoms with Gasteiger partial charge >= 0.3 is 0 Å². The molecule has 21 heavy (non-hydrogen) atoms. The molecule has 0 spiro atoms. The Morgan fingerprint density at radius 3 is 2.86 bits per heavy atom. The van der Waals surface area contributed by atoms with Gasteiger partial charge in [-0.1, -0.05) is 12.1 Å². The molecular weight excluding hydrogens is 340 g/mol. The third kappa shape index (κ3) is 3.93. The molecule has 0 fully saturated rings. The minimum absolute atomic E-state index is 0.0741. The molecule has 0 saturated carbocycles. The van der Waals surface area contributed by atoms with E-state index in [1.165, 1.54) is 18.5 Å². The predicted octanol–water partition coefficient (Wildman–Crippen LogP) is 2.52. The smallest absolute Gasteiger partial charge is 0.266 e. The Morgan fingerprint density at radius 1 is 1.38 bits per heavy atom. The summed E-state index contributed by atoms with van der Waals surface area (Å²) in [6.45, 7) is 0. The second-order valence-corrected chi connectivity index (χ2v) is 4.74. The summed E-state index contributed by atoms with van der Waals surface area (Å²) in [4.78, 5) is 25.8. The number of nitro groups is 1. The largest absolute Gasteiger partial charge is 0.289 e. The third-order valence-corrected chi connectivity index (χ3v) is 3.11. The lowest BCUT2D eigenvalue weighted by Gasteiger charge is -1.99. The molecule has 106 valence electrons. The van der Waals surface area contributed by atoms with Crippen LogP contribution in [0.3, 0.4) is 0 Å². The lowest BCUT2D eigenvalue weighted by molar-refractivity contribution is -0.385. The zero-order chi connectivity index (χ0) is 15.2. The Morgan fingerprint density at radius 2 is 2.19 bits per heavy atom. The quantitative estimate of drug-likeness (QED) is 0.521. The average Bonchev–Trinajstić information content (AvgIpc) is 2.49. The van der Waals surface area contributed by atoms with Crippen molar-refractivity contribution in [3.05, 3.63) is 68.4 Å². The van der Waals surface area contributed by atoms with Crippen molar-refractivity contribution in [1.29, 1.82) is 0 Å². The molecule has 8 heteroatoms. The maximum atomic E-state index is 11.7. The first-order valence-electron chi connectivity index (χ1n) is 5.76. The van der Waals surface area contributed by atoms with Crippen LogP contribution in [0, 0.1) is 10.1 Å². The van der Waals surface area contributed by atoms with Crippen LogP contribution >= 0.6 is 15.9 Å². The molecule has 2 rings (SSSR count). The second-order valence-electron chi connectivity index (χ2n) is 3.88. The van der Waals surface area contributed by atoms with E-state index in [1.807, 2.05) is 0 Å². The van der Waals surface area contributed by atoms with Crippen molar-refractivity contribution in [2.45, 2.75) is 0 Å². The van der Waals surface area contributed by atoms with Crippen molar-refractivity contribution in [3.8, 4) is 0 Å². The lowest BCUT2D eigenvalue weighted by atomic mass is 10.2.